The van der Waals surface area contributed by atoms with E-state index in [0.717, 1.165) is 0 Å². The molecule has 1 atom stereocenters. The molecule has 0 bridgehead atoms. The van der Waals surface area contributed by atoms with Gasteiger partial charge in [0.2, 0.25) is 0 Å². The minimum atomic E-state index is -0.530. The van der Waals surface area contributed by atoms with Gasteiger partial charge in [0.1, 0.15) is 11.8 Å². The number of hydrogen-bond donors (Lipinski definition) is 2. The highest BCUT2D eigenvalue weighted by molar-refractivity contribution is 5.88. The van der Waals surface area contributed by atoms with Crippen LogP contribution in [0.4, 0.5) is 14.9 Å². The summed E-state index contributed by atoms with van der Waals surface area (Å²) in [4.78, 5) is 23.6. The highest BCUT2D eigenvalue weighted by Crippen LogP contribution is 2.16. The topological polar surface area (TPSA) is 72.4 Å². The number of pyridine rings is 1. The number of ether oxygens (including phenoxy) is 1. The molecule has 0 aliphatic carbocycles. The summed E-state index contributed by atoms with van der Waals surface area (Å²) in [5.41, 5.74) is -0.131. The lowest BCUT2D eigenvalue weighted by atomic mass is 10.3. The first-order valence-corrected chi connectivity index (χ1v) is 7.09. The molecule has 0 unspecified atom stereocenters. The summed E-state index contributed by atoms with van der Waals surface area (Å²) in [6.45, 7) is 1.86. The molecule has 0 saturated heterocycles. The van der Waals surface area contributed by atoms with E-state index in [1.165, 1.54) is 22.8 Å². The highest BCUT2D eigenvalue weighted by Gasteiger charge is 2.10. The molecule has 1 aromatic carbocycles. The molecule has 1 heterocycles. The number of halogens is 1. The van der Waals surface area contributed by atoms with Gasteiger partial charge in [0.25, 0.3) is 5.56 Å². The van der Waals surface area contributed by atoms with Crippen molar-refractivity contribution in [2.45, 2.75) is 13.0 Å². The van der Waals surface area contributed by atoms with Gasteiger partial charge in [-0.1, -0.05) is 12.1 Å². The van der Waals surface area contributed by atoms with Crippen LogP contribution in [-0.4, -0.2) is 23.2 Å². The van der Waals surface area contributed by atoms with E-state index < -0.39 is 18.0 Å². The molecule has 2 aromatic rings. The summed E-state index contributed by atoms with van der Waals surface area (Å²) < 4.78 is 20.2. The zero-order valence-electron chi connectivity index (χ0n) is 12.9. The standard InChI is InChI=1S/C16H18FN3O3/c1-11(23-14-8-4-3-6-12(14)17)10-18-16(22)19-13-7-5-9-20(2)15(13)21/h3-9,11H,10H2,1-2H3,(H2,18,19,22)/t11-/m1/s1. The average Bonchev–Trinajstić information content (AvgIpc) is 2.52. The van der Waals surface area contributed by atoms with Crippen LogP contribution in [0.1, 0.15) is 6.92 Å². The number of nitrogens with one attached hydrogen (secondary N) is 2. The molecule has 122 valence electrons. The van der Waals surface area contributed by atoms with Crippen molar-refractivity contribution in [2.75, 3.05) is 11.9 Å². The zero-order chi connectivity index (χ0) is 16.8. The number of aromatic nitrogens is 1. The Morgan fingerprint density at radius 1 is 1.30 bits per heavy atom. The predicted octanol–water partition coefficient (Wildman–Crippen LogP) is 2.11. The van der Waals surface area contributed by atoms with Gasteiger partial charge in [-0.25, -0.2) is 9.18 Å². The van der Waals surface area contributed by atoms with Crippen molar-refractivity contribution >= 4 is 11.7 Å². The van der Waals surface area contributed by atoms with Crippen LogP contribution in [0, 0.1) is 5.82 Å². The van der Waals surface area contributed by atoms with Crippen LogP contribution in [0.15, 0.2) is 47.4 Å². The van der Waals surface area contributed by atoms with E-state index in [4.69, 9.17) is 4.74 Å². The molecule has 0 radical (unpaired) electrons. The minimum Gasteiger partial charge on any atom is -0.486 e. The van der Waals surface area contributed by atoms with Crippen molar-refractivity contribution in [3.8, 4) is 5.75 Å². The Kier molecular flexibility index (Phi) is 5.35. The molecule has 1 aromatic heterocycles. The summed E-state index contributed by atoms with van der Waals surface area (Å²) in [6.07, 6.45) is 1.16. The fourth-order valence-electron chi connectivity index (χ4n) is 1.89. The van der Waals surface area contributed by atoms with Gasteiger partial charge in [-0.15, -0.1) is 0 Å². The lowest BCUT2D eigenvalue weighted by Gasteiger charge is -2.16. The Bertz CT molecular complexity index is 745. The average molecular weight is 319 g/mol. The minimum absolute atomic E-state index is 0.124. The monoisotopic (exact) mass is 319 g/mol. The van der Waals surface area contributed by atoms with E-state index in [1.54, 1.807) is 38.4 Å². The lowest BCUT2D eigenvalue weighted by molar-refractivity contribution is 0.205. The maximum absolute atomic E-state index is 13.5. The molecule has 7 heteroatoms. The number of para-hydroxylation sites is 1. The van der Waals surface area contributed by atoms with Crippen LogP contribution in [0.25, 0.3) is 0 Å². The number of aryl methyl sites for hydroxylation is 1. The van der Waals surface area contributed by atoms with Crippen LogP contribution in [-0.2, 0) is 7.05 Å². The fourth-order valence-corrected chi connectivity index (χ4v) is 1.89. The molecular weight excluding hydrogens is 301 g/mol. The summed E-state index contributed by atoms with van der Waals surface area (Å²) in [7, 11) is 1.59. The van der Waals surface area contributed by atoms with Crippen LogP contribution in [0.5, 0.6) is 5.75 Å². The molecule has 2 N–H and O–H groups in total. The third-order valence-corrected chi connectivity index (χ3v) is 3.09. The van der Waals surface area contributed by atoms with Gasteiger partial charge in [-0.05, 0) is 31.2 Å². The number of rotatable bonds is 5. The summed E-state index contributed by atoms with van der Waals surface area (Å²) >= 11 is 0. The van der Waals surface area contributed by atoms with Crippen molar-refractivity contribution in [2.24, 2.45) is 7.05 Å². The second-order valence-electron chi connectivity index (χ2n) is 5.03. The van der Waals surface area contributed by atoms with E-state index in [0.29, 0.717) is 0 Å². The third kappa shape index (κ3) is 4.57. The fraction of sp³-hybridized carbons (Fsp3) is 0.250. The molecule has 0 aliphatic heterocycles. The van der Waals surface area contributed by atoms with Gasteiger partial charge in [0, 0.05) is 13.2 Å². The quantitative estimate of drug-likeness (QED) is 0.886. The van der Waals surface area contributed by atoms with E-state index in [-0.39, 0.29) is 23.5 Å². The van der Waals surface area contributed by atoms with Gasteiger partial charge in [0.05, 0.1) is 6.54 Å². The molecule has 6 nitrogen and oxygen atoms in total. The number of amides is 2. The Hall–Kier alpha value is -2.83. The number of carbonyl (C=O) groups is 1. The van der Waals surface area contributed by atoms with E-state index in [1.807, 2.05) is 0 Å². The van der Waals surface area contributed by atoms with Crippen molar-refractivity contribution in [1.29, 1.82) is 0 Å². The predicted molar refractivity (Wildman–Crippen MR) is 85.2 cm³/mol. The molecule has 23 heavy (non-hydrogen) atoms. The Morgan fingerprint density at radius 2 is 2.04 bits per heavy atom. The van der Waals surface area contributed by atoms with Crippen LogP contribution < -0.4 is 20.9 Å². The van der Waals surface area contributed by atoms with Crippen LogP contribution in [0.3, 0.4) is 0 Å². The maximum atomic E-state index is 13.5. The van der Waals surface area contributed by atoms with Crippen molar-refractivity contribution in [3.05, 3.63) is 58.8 Å². The number of benzene rings is 1. The molecule has 2 rings (SSSR count). The highest BCUT2D eigenvalue weighted by atomic mass is 19.1. The Labute approximate surface area is 132 Å². The molecule has 0 saturated carbocycles. The van der Waals surface area contributed by atoms with E-state index in [2.05, 4.69) is 10.6 Å². The molecule has 2 amide bonds. The number of carbonyl (C=O) groups excluding carboxylic acids is 1. The van der Waals surface area contributed by atoms with Crippen molar-refractivity contribution < 1.29 is 13.9 Å². The molecule has 0 spiro atoms. The summed E-state index contributed by atoms with van der Waals surface area (Å²) in [6, 6.07) is 8.68. The first-order chi connectivity index (χ1) is 11.0. The van der Waals surface area contributed by atoms with E-state index in [9.17, 15) is 14.0 Å². The first kappa shape index (κ1) is 16.5. The van der Waals surface area contributed by atoms with Crippen molar-refractivity contribution in [1.82, 2.24) is 9.88 Å². The largest absolute Gasteiger partial charge is 0.486 e. The van der Waals surface area contributed by atoms with Gasteiger partial charge in [-0.2, -0.15) is 0 Å². The van der Waals surface area contributed by atoms with Crippen LogP contribution >= 0.6 is 0 Å². The number of nitrogens with zero attached hydrogens (tertiary/aromatic N) is 1. The SMILES string of the molecule is C[C@H](CNC(=O)Nc1cccn(C)c1=O)Oc1ccccc1F. The number of anilines is 1. The smallest absolute Gasteiger partial charge is 0.319 e. The Balaban J connectivity index is 1.85. The maximum Gasteiger partial charge on any atom is 0.319 e. The lowest BCUT2D eigenvalue weighted by Crippen LogP contribution is -2.37. The Morgan fingerprint density at radius 3 is 2.78 bits per heavy atom. The first-order valence-electron chi connectivity index (χ1n) is 7.09. The second-order valence-corrected chi connectivity index (χ2v) is 5.03. The molecular formula is C16H18FN3O3. The van der Waals surface area contributed by atoms with Gasteiger partial charge >= 0.3 is 6.03 Å². The zero-order valence-corrected chi connectivity index (χ0v) is 12.9. The molecule has 0 aliphatic rings. The second kappa shape index (κ2) is 7.44. The van der Waals surface area contributed by atoms with Gasteiger partial charge in [0.15, 0.2) is 11.6 Å². The molecule has 0 fully saturated rings. The van der Waals surface area contributed by atoms with E-state index >= 15 is 0 Å². The van der Waals surface area contributed by atoms with Crippen molar-refractivity contribution in [3.63, 3.8) is 0 Å². The normalized spacial score (nSPS) is 11.6. The van der Waals surface area contributed by atoms with Crippen LogP contribution in [0.2, 0.25) is 0 Å². The summed E-state index contributed by atoms with van der Waals surface area (Å²) in [5, 5.41) is 5.04. The third-order valence-electron chi connectivity index (χ3n) is 3.09. The number of hydrogen-bond acceptors (Lipinski definition) is 3. The van der Waals surface area contributed by atoms with Gasteiger partial charge < -0.3 is 19.9 Å². The number of urea groups is 1. The van der Waals surface area contributed by atoms with Gasteiger partial charge in [-0.3, -0.25) is 4.79 Å². The summed E-state index contributed by atoms with van der Waals surface area (Å²) in [5.74, 6) is -0.337.